The first kappa shape index (κ1) is 14.9. The van der Waals surface area contributed by atoms with E-state index in [4.69, 9.17) is 5.11 Å². The molecule has 0 radical (unpaired) electrons. The van der Waals surface area contributed by atoms with Crippen LogP contribution in [0, 0.1) is 18.7 Å². The fourth-order valence-electron chi connectivity index (χ4n) is 2.35. The number of aryl methyl sites for hydroxylation is 1. The standard InChI is InChI=1S/C13H16FNO4S/c1-9-4-5-11(14)7-12(9)20(18,19)15-6-2-3-10(8-15)13(16)17/h4-5,7,10H,2-3,6,8H2,1H3,(H,16,17)/t10-/m1/s1. The minimum Gasteiger partial charge on any atom is -0.481 e. The van der Waals surface area contributed by atoms with Crippen LogP contribution in [0.15, 0.2) is 23.1 Å². The largest absolute Gasteiger partial charge is 0.481 e. The van der Waals surface area contributed by atoms with Gasteiger partial charge < -0.3 is 5.11 Å². The molecule has 1 aliphatic heterocycles. The Bertz CT molecular complexity index is 629. The van der Waals surface area contributed by atoms with Crippen molar-refractivity contribution in [2.75, 3.05) is 13.1 Å². The predicted molar refractivity (Wildman–Crippen MR) is 70.3 cm³/mol. The van der Waals surface area contributed by atoms with Crippen LogP contribution in [0.4, 0.5) is 4.39 Å². The quantitative estimate of drug-likeness (QED) is 0.920. The van der Waals surface area contributed by atoms with Crippen LogP contribution in [0.25, 0.3) is 0 Å². The van der Waals surface area contributed by atoms with Crippen molar-refractivity contribution in [2.45, 2.75) is 24.7 Å². The third-order valence-corrected chi connectivity index (χ3v) is 5.51. The van der Waals surface area contributed by atoms with Crippen LogP contribution in [-0.4, -0.2) is 36.9 Å². The molecule has 1 aromatic carbocycles. The lowest BCUT2D eigenvalue weighted by Gasteiger charge is -2.30. The van der Waals surface area contributed by atoms with Gasteiger partial charge in [-0.3, -0.25) is 4.79 Å². The molecule has 5 nitrogen and oxygen atoms in total. The third-order valence-electron chi connectivity index (χ3n) is 3.50. The van der Waals surface area contributed by atoms with Gasteiger partial charge in [0.15, 0.2) is 0 Å². The second kappa shape index (κ2) is 5.49. The van der Waals surface area contributed by atoms with Crippen LogP contribution < -0.4 is 0 Å². The van der Waals surface area contributed by atoms with Gasteiger partial charge in [-0.2, -0.15) is 4.31 Å². The monoisotopic (exact) mass is 301 g/mol. The van der Waals surface area contributed by atoms with E-state index in [1.165, 1.54) is 12.1 Å². The summed E-state index contributed by atoms with van der Waals surface area (Å²) >= 11 is 0. The Balaban J connectivity index is 2.35. The molecule has 0 saturated carbocycles. The van der Waals surface area contributed by atoms with Crippen molar-refractivity contribution in [3.05, 3.63) is 29.6 Å². The summed E-state index contributed by atoms with van der Waals surface area (Å²) in [5.74, 6) is -2.32. The molecule has 0 bridgehead atoms. The molecule has 1 atom stereocenters. The molecule has 1 N–H and O–H groups in total. The zero-order valence-electron chi connectivity index (χ0n) is 11.0. The molecule has 1 aliphatic rings. The zero-order chi connectivity index (χ0) is 14.9. The average Bonchev–Trinajstić information content (AvgIpc) is 2.41. The maximum atomic E-state index is 13.3. The fourth-order valence-corrected chi connectivity index (χ4v) is 4.11. The van der Waals surface area contributed by atoms with Crippen LogP contribution in [0.1, 0.15) is 18.4 Å². The first-order valence-corrected chi connectivity index (χ1v) is 7.75. The Labute approximate surface area is 117 Å². The van der Waals surface area contributed by atoms with E-state index < -0.39 is 27.7 Å². The second-order valence-electron chi connectivity index (χ2n) is 4.95. The number of hydrogen-bond donors (Lipinski definition) is 1. The summed E-state index contributed by atoms with van der Waals surface area (Å²) in [4.78, 5) is 10.9. The number of sulfonamides is 1. The van der Waals surface area contributed by atoms with Crippen molar-refractivity contribution in [2.24, 2.45) is 5.92 Å². The maximum Gasteiger partial charge on any atom is 0.307 e. The number of halogens is 1. The van der Waals surface area contributed by atoms with Gasteiger partial charge in [0.25, 0.3) is 0 Å². The third kappa shape index (κ3) is 2.83. The van der Waals surface area contributed by atoms with Crippen LogP contribution in [-0.2, 0) is 14.8 Å². The highest BCUT2D eigenvalue weighted by molar-refractivity contribution is 7.89. The summed E-state index contributed by atoms with van der Waals surface area (Å²) in [6.07, 6.45) is 0.952. The molecular formula is C13H16FNO4S. The topological polar surface area (TPSA) is 74.7 Å². The molecular weight excluding hydrogens is 285 g/mol. The highest BCUT2D eigenvalue weighted by Gasteiger charge is 2.34. The molecule has 1 fully saturated rings. The number of carbonyl (C=O) groups is 1. The molecule has 110 valence electrons. The highest BCUT2D eigenvalue weighted by atomic mass is 32.2. The van der Waals surface area contributed by atoms with Gasteiger partial charge in [-0.25, -0.2) is 12.8 Å². The summed E-state index contributed by atoms with van der Waals surface area (Å²) in [5.41, 5.74) is 0.448. The molecule has 1 heterocycles. The molecule has 0 spiro atoms. The Morgan fingerprint density at radius 2 is 2.15 bits per heavy atom. The van der Waals surface area contributed by atoms with Crippen molar-refractivity contribution < 1.29 is 22.7 Å². The van der Waals surface area contributed by atoms with Gasteiger partial charge in [-0.1, -0.05) is 6.07 Å². The summed E-state index contributed by atoms with van der Waals surface area (Å²) < 4.78 is 39.4. The molecule has 20 heavy (non-hydrogen) atoms. The lowest BCUT2D eigenvalue weighted by Crippen LogP contribution is -2.42. The van der Waals surface area contributed by atoms with Gasteiger partial charge in [-0.05, 0) is 37.5 Å². The number of carboxylic acid groups (broad SMARTS) is 1. The normalized spacial score (nSPS) is 20.8. The average molecular weight is 301 g/mol. The summed E-state index contributed by atoms with van der Waals surface area (Å²) in [6, 6.07) is 3.58. The van der Waals surface area contributed by atoms with E-state index in [9.17, 15) is 17.6 Å². The number of benzene rings is 1. The summed E-state index contributed by atoms with van der Waals surface area (Å²) in [5, 5.41) is 9.01. The number of aliphatic carboxylic acids is 1. The summed E-state index contributed by atoms with van der Waals surface area (Å²) in [7, 11) is -3.85. The fraction of sp³-hybridized carbons (Fsp3) is 0.462. The van der Waals surface area contributed by atoms with Gasteiger partial charge in [0.1, 0.15) is 5.82 Å². The van der Waals surface area contributed by atoms with Gasteiger partial charge in [0, 0.05) is 13.1 Å². The zero-order valence-corrected chi connectivity index (χ0v) is 11.9. The Morgan fingerprint density at radius 1 is 1.45 bits per heavy atom. The second-order valence-corrected chi connectivity index (χ2v) is 6.86. The van der Waals surface area contributed by atoms with Gasteiger partial charge in [0.2, 0.25) is 10.0 Å². The first-order chi connectivity index (χ1) is 9.32. The number of carboxylic acids is 1. The minimum atomic E-state index is -3.85. The van der Waals surface area contributed by atoms with E-state index in [2.05, 4.69) is 0 Å². The smallest absolute Gasteiger partial charge is 0.307 e. The molecule has 0 aliphatic carbocycles. The number of piperidine rings is 1. The van der Waals surface area contributed by atoms with Crippen LogP contribution >= 0.6 is 0 Å². The number of nitrogens with zero attached hydrogens (tertiary/aromatic N) is 1. The van der Waals surface area contributed by atoms with Gasteiger partial charge in [0.05, 0.1) is 10.8 Å². The Kier molecular flexibility index (Phi) is 4.10. The summed E-state index contributed by atoms with van der Waals surface area (Å²) in [6.45, 7) is 1.79. The van der Waals surface area contributed by atoms with E-state index in [0.717, 1.165) is 10.4 Å². The van der Waals surface area contributed by atoms with Crippen LogP contribution in [0.3, 0.4) is 0 Å². The predicted octanol–water partition coefficient (Wildman–Crippen LogP) is 1.62. The lowest BCUT2D eigenvalue weighted by atomic mass is 10.0. The Hall–Kier alpha value is -1.47. The highest BCUT2D eigenvalue weighted by Crippen LogP contribution is 2.26. The molecule has 0 aromatic heterocycles. The van der Waals surface area contributed by atoms with Crippen LogP contribution in [0.5, 0.6) is 0 Å². The number of rotatable bonds is 3. The van der Waals surface area contributed by atoms with Crippen molar-refractivity contribution in [3.8, 4) is 0 Å². The van der Waals surface area contributed by atoms with Crippen LogP contribution in [0.2, 0.25) is 0 Å². The van der Waals surface area contributed by atoms with Gasteiger partial charge >= 0.3 is 5.97 Å². The van der Waals surface area contributed by atoms with Gasteiger partial charge in [-0.15, -0.1) is 0 Å². The van der Waals surface area contributed by atoms with E-state index in [-0.39, 0.29) is 18.0 Å². The minimum absolute atomic E-state index is 0.0619. The molecule has 0 amide bonds. The van der Waals surface area contributed by atoms with Crippen molar-refractivity contribution >= 4 is 16.0 Å². The molecule has 7 heteroatoms. The number of hydrogen-bond acceptors (Lipinski definition) is 3. The van der Waals surface area contributed by atoms with E-state index in [1.807, 2.05) is 0 Å². The van der Waals surface area contributed by atoms with Crippen molar-refractivity contribution in [1.82, 2.24) is 4.31 Å². The molecule has 1 aromatic rings. The van der Waals surface area contributed by atoms with Crippen molar-refractivity contribution in [3.63, 3.8) is 0 Å². The lowest BCUT2D eigenvalue weighted by molar-refractivity contribution is -0.142. The SMILES string of the molecule is Cc1ccc(F)cc1S(=O)(=O)N1CCC[C@@H](C(=O)O)C1. The molecule has 2 rings (SSSR count). The van der Waals surface area contributed by atoms with E-state index in [1.54, 1.807) is 6.92 Å². The molecule has 0 unspecified atom stereocenters. The maximum absolute atomic E-state index is 13.3. The van der Waals surface area contributed by atoms with Crippen molar-refractivity contribution in [1.29, 1.82) is 0 Å². The van der Waals surface area contributed by atoms with E-state index >= 15 is 0 Å². The molecule has 1 saturated heterocycles. The first-order valence-electron chi connectivity index (χ1n) is 6.31. The van der Waals surface area contributed by atoms with E-state index in [0.29, 0.717) is 18.4 Å². The Morgan fingerprint density at radius 3 is 2.80 bits per heavy atom.